The van der Waals surface area contributed by atoms with Crippen molar-refractivity contribution in [3.63, 3.8) is 0 Å². The summed E-state index contributed by atoms with van der Waals surface area (Å²) < 4.78 is 49.1. The minimum absolute atomic E-state index is 0.0196. The molecule has 1 amide bonds. The summed E-state index contributed by atoms with van der Waals surface area (Å²) in [5.74, 6) is -0.786. The van der Waals surface area contributed by atoms with Crippen LogP contribution in [-0.4, -0.2) is 29.8 Å². The quantitative estimate of drug-likeness (QED) is 0.777. The molecule has 0 radical (unpaired) electrons. The van der Waals surface area contributed by atoms with Crippen LogP contribution in [0.1, 0.15) is 10.4 Å². The Hall–Kier alpha value is -2.43. The normalized spacial score (nSPS) is 11.9. The zero-order valence-electron chi connectivity index (χ0n) is 12.6. The number of carbonyl (C=O) groups is 1. The number of para-hydroxylation sites is 1. The van der Waals surface area contributed by atoms with Crippen molar-refractivity contribution in [1.82, 2.24) is 0 Å². The van der Waals surface area contributed by atoms with Gasteiger partial charge in [0.2, 0.25) is 10.0 Å². The van der Waals surface area contributed by atoms with E-state index in [4.69, 9.17) is 10.9 Å². The van der Waals surface area contributed by atoms with Gasteiger partial charge >= 0.3 is 0 Å². The average molecular weight is 369 g/mol. The number of benzene rings is 2. The van der Waals surface area contributed by atoms with Crippen molar-refractivity contribution >= 4 is 31.6 Å². The molecule has 0 saturated carbocycles. The largest absolute Gasteiger partial charge is 0.366 e. The number of carbonyl (C=O) groups excluding carboxylic acids is 1. The number of anilines is 1. The second-order valence-electron chi connectivity index (χ2n) is 4.87. The molecule has 24 heavy (non-hydrogen) atoms. The second-order valence-corrected chi connectivity index (χ2v) is 8.40. The lowest BCUT2D eigenvalue weighted by molar-refractivity contribution is 0.100. The van der Waals surface area contributed by atoms with Crippen molar-refractivity contribution in [3.8, 4) is 0 Å². The van der Waals surface area contributed by atoms with Crippen LogP contribution in [0.2, 0.25) is 0 Å². The lowest BCUT2D eigenvalue weighted by Gasteiger charge is -2.21. The van der Waals surface area contributed by atoms with E-state index in [0.29, 0.717) is 0 Å². The van der Waals surface area contributed by atoms with Crippen molar-refractivity contribution in [2.45, 2.75) is 9.79 Å². The van der Waals surface area contributed by atoms with Crippen LogP contribution in [0.25, 0.3) is 0 Å². The summed E-state index contributed by atoms with van der Waals surface area (Å²) in [5.41, 5.74) is 5.35. The van der Waals surface area contributed by atoms with E-state index in [-0.39, 0.29) is 21.0 Å². The Bertz CT molecular complexity index is 1000. The van der Waals surface area contributed by atoms with Crippen LogP contribution in [0.15, 0.2) is 58.3 Å². The van der Waals surface area contributed by atoms with Crippen LogP contribution in [0.4, 0.5) is 5.69 Å². The maximum Gasteiger partial charge on any atom is 0.264 e. The molecule has 128 valence electrons. The Balaban J connectivity index is 2.58. The van der Waals surface area contributed by atoms with Crippen LogP contribution in [0, 0.1) is 0 Å². The number of nitrogens with two attached hydrogens (primary N) is 2. The molecule has 2 aromatic carbocycles. The summed E-state index contributed by atoms with van der Waals surface area (Å²) in [5, 5.41) is 5.02. The first kappa shape index (κ1) is 17.9. The average Bonchev–Trinajstić information content (AvgIpc) is 2.53. The van der Waals surface area contributed by atoms with Crippen molar-refractivity contribution in [2.75, 3.05) is 11.4 Å². The molecule has 8 nitrogen and oxygen atoms in total. The second kappa shape index (κ2) is 6.23. The first-order chi connectivity index (χ1) is 11.0. The number of nitrogens with zero attached hydrogens (tertiary/aromatic N) is 1. The Morgan fingerprint density at radius 3 is 2.12 bits per heavy atom. The van der Waals surface area contributed by atoms with Crippen LogP contribution < -0.4 is 15.2 Å². The van der Waals surface area contributed by atoms with Crippen LogP contribution in [0.5, 0.6) is 0 Å². The van der Waals surface area contributed by atoms with E-state index >= 15 is 0 Å². The third-order valence-electron chi connectivity index (χ3n) is 3.30. The number of sulfonamides is 2. The Labute approximate surface area is 139 Å². The van der Waals surface area contributed by atoms with Crippen molar-refractivity contribution < 1.29 is 21.6 Å². The summed E-state index contributed by atoms with van der Waals surface area (Å²) in [6, 6.07) is 10.5. The summed E-state index contributed by atoms with van der Waals surface area (Å²) in [6.45, 7) is 0. The van der Waals surface area contributed by atoms with E-state index in [0.717, 1.165) is 10.4 Å². The fourth-order valence-corrected chi connectivity index (χ4v) is 3.95. The molecule has 0 fully saturated rings. The Morgan fingerprint density at radius 1 is 0.958 bits per heavy atom. The predicted octanol–water partition coefficient (Wildman–Crippen LogP) is 0.258. The van der Waals surface area contributed by atoms with E-state index < -0.39 is 26.0 Å². The minimum Gasteiger partial charge on any atom is -0.366 e. The van der Waals surface area contributed by atoms with Gasteiger partial charge in [-0.25, -0.2) is 22.0 Å². The van der Waals surface area contributed by atoms with Crippen molar-refractivity contribution in [2.24, 2.45) is 10.9 Å². The first-order valence-corrected chi connectivity index (χ1v) is 9.54. The van der Waals surface area contributed by atoms with Gasteiger partial charge in [-0.1, -0.05) is 18.2 Å². The van der Waals surface area contributed by atoms with Crippen molar-refractivity contribution in [3.05, 3.63) is 54.1 Å². The number of rotatable bonds is 5. The van der Waals surface area contributed by atoms with Gasteiger partial charge in [0.1, 0.15) is 0 Å². The molecule has 0 unspecified atom stereocenters. The molecular formula is C14H15N3O5S2. The highest BCUT2D eigenvalue weighted by Crippen LogP contribution is 2.26. The van der Waals surface area contributed by atoms with E-state index in [1.54, 1.807) is 12.1 Å². The molecule has 0 aliphatic heterocycles. The molecule has 0 saturated heterocycles. The van der Waals surface area contributed by atoms with E-state index in [1.165, 1.54) is 37.4 Å². The van der Waals surface area contributed by atoms with Crippen LogP contribution in [-0.2, 0) is 20.0 Å². The fourth-order valence-electron chi connectivity index (χ4n) is 2.06. The number of primary sulfonamides is 1. The van der Waals surface area contributed by atoms with Gasteiger partial charge in [-0.2, -0.15) is 0 Å². The monoisotopic (exact) mass is 369 g/mol. The number of amides is 1. The van der Waals surface area contributed by atoms with Crippen molar-refractivity contribution in [1.29, 1.82) is 0 Å². The van der Waals surface area contributed by atoms with E-state index in [2.05, 4.69) is 0 Å². The van der Waals surface area contributed by atoms with E-state index in [1.807, 2.05) is 0 Å². The number of primary amides is 1. The molecular weight excluding hydrogens is 354 g/mol. The molecule has 0 atom stereocenters. The molecule has 2 rings (SSSR count). The van der Waals surface area contributed by atoms with Gasteiger partial charge in [0.05, 0.1) is 21.0 Å². The highest BCUT2D eigenvalue weighted by molar-refractivity contribution is 7.93. The number of hydrogen-bond donors (Lipinski definition) is 2. The zero-order valence-corrected chi connectivity index (χ0v) is 14.2. The third kappa shape index (κ3) is 3.40. The highest BCUT2D eigenvalue weighted by atomic mass is 32.2. The maximum atomic E-state index is 12.7. The van der Waals surface area contributed by atoms with Gasteiger partial charge in [-0.3, -0.25) is 9.10 Å². The highest BCUT2D eigenvalue weighted by Gasteiger charge is 2.25. The molecule has 10 heteroatoms. The molecule has 0 aliphatic carbocycles. The van der Waals surface area contributed by atoms with Gasteiger partial charge in [0.15, 0.2) is 0 Å². The molecule has 0 aromatic heterocycles. The van der Waals surface area contributed by atoms with Crippen LogP contribution in [0.3, 0.4) is 0 Å². The fraction of sp³-hybridized carbons (Fsp3) is 0.0714. The lowest BCUT2D eigenvalue weighted by Crippen LogP contribution is -2.29. The molecule has 0 heterocycles. The summed E-state index contributed by atoms with van der Waals surface area (Å²) in [6.07, 6.45) is 0. The Kier molecular flexibility index (Phi) is 4.65. The van der Waals surface area contributed by atoms with Gasteiger partial charge in [-0.05, 0) is 30.3 Å². The standard InChI is InChI=1S/C14H15N3O5S2/c1-17(13-8-3-2-7-12(13)14(15)18)24(21,22)11-6-4-5-10(9-11)23(16,19)20/h2-9H,1H3,(H2,15,18)(H2,16,19,20). The minimum atomic E-state index is -4.13. The van der Waals surface area contributed by atoms with Crippen LogP contribution >= 0.6 is 0 Å². The SMILES string of the molecule is CN(c1ccccc1C(N)=O)S(=O)(=O)c1cccc(S(N)(=O)=O)c1. The number of hydrogen-bond acceptors (Lipinski definition) is 5. The molecule has 0 bridgehead atoms. The topological polar surface area (TPSA) is 141 Å². The summed E-state index contributed by atoms with van der Waals surface area (Å²) in [4.78, 5) is 10.9. The third-order valence-corrected chi connectivity index (χ3v) is 5.98. The molecule has 0 spiro atoms. The summed E-state index contributed by atoms with van der Waals surface area (Å²) >= 11 is 0. The zero-order chi connectivity index (χ0) is 18.1. The van der Waals surface area contributed by atoms with Gasteiger partial charge in [0.25, 0.3) is 15.9 Å². The molecule has 2 aromatic rings. The molecule has 0 aliphatic rings. The van der Waals surface area contributed by atoms with Gasteiger partial charge < -0.3 is 5.73 Å². The Morgan fingerprint density at radius 2 is 1.54 bits per heavy atom. The van der Waals surface area contributed by atoms with Gasteiger partial charge in [-0.15, -0.1) is 0 Å². The smallest absolute Gasteiger partial charge is 0.264 e. The maximum absolute atomic E-state index is 12.7. The predicted molar refractivity (Wildman–Crippen MR) is 88.4 cm³/mol. The lowest BCUT2D eigenvalue weighted by atomic mass is 10.2. The molecule has 4 N–H and O–H groups in total. The van der Waals surface area contributed by atoms with Gasteiger partial charge in [0, 0.05) is 7.05 Å². The summed E-state index contributed by atoms with van der Waals surface area (Å²) in [7, 11) is -6.94. The van der Waals surface area contributed by atoms with E-state index in [9.17, 15) is 21.6 Å². The first-order valence-electron chi connectivity index (χ1n) is 6.56.